The first-order valence-electron chi connectivity index (χ1n) is 5.68. The lowest BCUT2D eigenvalue weighted by Crippen LogP contribution is -2.15. The normalized spacial score (nSPS) is 17.9. The van der Waals surface area contributed by atoms with Gasteiger partial charge < -0.3 is 9.84 Å². The number of ether oxygens (including phenoxy) is 1. The van der Waals surface area contributed by atoms with Crippen LogP contribution in [-0.2, 0) is 11.2 Å². The van der Waals surface area contributed by atoms with Crippen molar-refractivity contribution in [2.75, 3.05) is 19.8 Å². The van der Waals surface area contributed by atoms with E-state index in [-0.39, 0.29) is 6.61 Å². The summed E-state index contributed by atoms with van der Waals surface area (Å²) in [6, 6.07) is 8.46. The number of aliphatic hydroxyl groups is 1. The van der Waals surface area contributed by atoms with Gasteiger partial charge in [0.1, 0.15) is 0 Å². The van der Waals surface area contributed by atoms with Crippen molar-refractivity contribution in [3.8, 4) is 0 Å². The van der Waals surface area contributed by atoms with Gasteiger partial charge in [-0.3, -0.25) is 0 Å². The predicted octanol–water partition coefficient (Wildman–Crippen LogP) is 2.12. The van der Waals surface area contributed by atoms with E-state index in [0.717, 1.165) is 32.5 Å². The van der Waals surface area contributed by atoms with Crippen LogP contribution in [0.25, 0.3) is 0 Å². The number of hydrogen-bond donors (Lipinski definition) is 1. The topological polar surface area (TPSA) is 29.5 Å². The zero-order valence-corrected chi connectivity index (χ0v) is 8.98. The molecule has 1 aromatic rings. The average Bonchev–Trinajstić information content (AvgIpc) is 2.31. The van der Waals surface area contributed by atoms with Crippen molar-refractivity contribution in [1.29, 1.82) is 0 Å². The molecule has 1 aromatic carbocycles. The quantitative estimate of drug-likeness (QED) is 0.820. The molecule has 0 atom stereocenters. The highest BCUT2D eigenvalue weighted by molar-refractivity contribution is 5.30. The molecule has 15 heavy (non-hydrogen) atoms. The molecule has 0 unspecified atom stereocenters. The molecule has 1 saturated heterocycles. The molecular formula is C13H18O2. The van der Waals surface area contributed by atoms with Crippen molar-refractivity contribution in [1.82, 2.24) is 0 Å². The van der Waals surface area contributed by atoms with E-state index < -0.39 is 0 Å². The number of rotatable bonds is 3. The molecule has 1 aliphatic heterocycles. The molecule has 2 heteroatoms. The van der Waals surface area contributed by atoms with E-state index in [1.165, 1.54) is 11.1 Å². The van der Waals surface area contributed by atoms with Gasteiger partial charge in [0.25, 0.3) is 0 Å². The van der Waals surface area contributed by atoms with Gasteiger partial charge in [0, 0.05) is 19.8 Å². The second kappa shape index (κ2) is 5.29. The number of aliphatic hydroxyl groups excluding tert-OH is 1. The van der Waals surface area contributed by atoms with Crippen LogP contribution in [0.5, 0.6) is 0 Å². The Morgan fingerprint density at radius 2 is 1.93 bits per heavy atom. The standard InChI is InChI=1S/C13H18O2/c14-8-5-11-3-1-2-4-13(11)12-6-9-15-10-7-12/h1-4,12,14H,5-10H2. The first kappa shape index (κ1) is 10.7. The fourth-order valence-electron chi connectivity index (χ4n) is 2.29. The van der Waals surface area contributed by atoms with Gasteiger partial charge >= 0.3 is 0 Å². The molecule has 0 radical (unpaired) electrons. The molecule has 2 rings (SSSR count). The average molecular weight is 206 g/mol. The molecule has 0 aliphatic carbocycles. The van der Waals surface area contributed by atoms with Crippen LogP contribution in [0, 0.1) is 0 Å². The van der Waals surface area contributed by atoms with Gasteiger partial charge in [-0.15, -0.1) is 0 Å². The molecule has 82 valence electrons. The Bertz CT molecular complexity index is 303. The summed E-state index contributed by atoms with van der Waals surface area (Å²) in [7, 11) is 0. The Morgan fingerprint density at radius 3 is 2.67 bits per heavy atom. The monoisotopic (exact) mass is 206 g/mol. The van der Waals surface area contributed by atoms with Gasteiger partial charge in [-0.25, -0.2) is 0 Å². The molecule has 0 spiro atoms. The summed E-state index contributed by atoms with van der Waals surface area (Å²) in [5.74, 6) is 0.626. The lowest BCUT2D eigenvalue weighted by atomic mass is 9.87. The minimum atomic E-state index is 0.236. The lowest BCUT2D eigenvalue weighted by Gasteiger charge is -2.24. The highest BCUT2D eigenvalue weighted by Crippen LogP contribution is 2.29. The minimum Gasteiger partial charge on any atom is -0.396 e. The molecule has 1 aliphatic rings. The van der Waals surface area contributed by atoms with E-state index in [4.69, 9.17) is 9.84 Å². The molecule has 1 fully saturated rings. The molecule has 2 nitrogen and oxygen atoms in total. The highest BCUT2D eigenvalue weighted by Gasteiger charge is 2.17. The Balaban J connectivity index is 2.17. The maximum atomic E-state index is 9.02. The van der Waals surface area contributed by atoms with Gasteiger partial charge in [0.2, 0.25) is 0 Å². The summed E-state index contributed by atoms with van der Waals surface area (Å²) < 4.78 is 5.37. The number of hydrogen-bond acceptors (Lipinski definition) is 2. The molecule has 1 N–H and O–H groups in total. The van der Waals surface area contributed by atoms with Gasteiger partial charge in [-0.1, -0.05) is 24.3 Å². The Hall–Kier alpha value is -0.860. The van der Waals surface area contributed by atoms with Crippen LogP contribution in [0.15, 0.2) is 24.3 Å². The van der Waals surface area contributed by atoms with Gasteiger partial charge in [0.05, 0.1) is 0 Å². The SMILES string of the molecule is OCCc1ccccc1C1CCOCC1. The smallest absolute Gasteiger partial charge is 0.0471 e. The minimum absolute atomic E-state index is 0.236. The highest BCUT2D eigenvalue weighted by atomic mass is 16.5. The fraction of sp³-hybridized carbons (Fsp3) is 0.538. The third-order valence-electron chi connectivity index (χ3n) is 3.10. The Labute approximate surface area is 90.9 Å². The molecular weight excluding hydrogens is 188 g/mol. The van der Waals surface area contributed by atoms with Crippen molar-refractivity contribution in [3.63, 3.8) is 0 Å². The van der Waals surface area contributed by atoms with E-state index in [2.05, 4.69) is 18.2 Å². The van der Waals surface area contributed by atoms with Gasteiger partial charge in [-0.05, 0) is 36.3 Å². The third kappa shape index (κ3) is 2.58. The van der Waals surface area contributed by atoms with Crippen LogP contribution in [-0.4, -0.2) is 24.9 Å². The third-order valence-corrected chi connectivity index (χ3v) is 3.10. The molecule has 0 aromatic heterocycles. The van der Waals surface area contributed by atoms with Crippen molar-refractivity contribution >= 4 is 0 Å². The first-order valence-corrected chi connectivity index (χ1v) is 5.68. The van der Waals surface area contributed by atoms with Crippen LogP contribution in [0.4, 0.5) is 0 Å². The van der Waals surface area contributed by atoms with E-state index in [1.54, 1.807) is 0 Å². The summed E-state index contributed by atoms with van der Waals surface area (Å²) >= 11 is 0. The molecule has 0 saturated carbocycles. The van der Waals surface area contributed by atoms with Crippen molar-refractivity contribution < 1.29 is 9.84 Å². The van der Waals surface area contributed by atoms with Crippen molar-refractivity contribution in [3.05, 3.63) is 35.4 Å². The van der Waals surface area contributed by atoms with E-state index in [1.807, 2.05) is 6.07 Å². The van der Waals surface area contributed by atoms with E-state index in [9.17, 15) is 0 Å². The largest absolute Gasteiger partial charge is 0.396 e. The summed E-state index contributed by atoms with van der Waals surface area (Å²) in [5.41, 5.74) is 2.71. The Morgan fingerprint density at radius 1 is 1.20 bits per heavy atom. The summed E-state index contributed by atoms with van der Waals surface area (Å²) in [6.45, 7) is 1.98. The van der Waals surface area contributed by atoms with Crippen LogP contribution in [0.2, 0.25) is 0 Å². The summed E-state index contributed by atoms with van der Waals surface area (Å²) in [4.78, 5) is 0. The molecule has 0 amide bonds. The fourth-order valence-corrected chi connectivity index (χ4v) is 2.29. The summed E-state index contributed by atoms with van der Waals surface area (Å²) in [6.07, 6.45) is 3.00. The van der Waals surface area contributed by atoms with Gasteiger partial charge in [-0.2, -0.15) is 0 Å². The summed E-state index contributed by atoms with van der Waals surface area (Å²) in [5, 5.41) is 9.02. The first-order chi connectivity index (χ1) is 7.42. The maximum absolute atomic E-state index is 9.02. The predicted molar refractivity (Wildman–Crippen MR) is 60.0 cm³/mol. The lowest BCUT2D eigenvalue weighted by molar-refractivity contribution is 0.0851. The van der Waals surface area contributed by atoms with Crippen LogP contribution >= 0.6 is 0 Å². The molecule has 1 heterocycles. The van der Waals surface area contributed by atoms with Crippen LogP contribution in [0.3, 0.4) is 0 Å². The van der Waals surface area contributed by atoms with Crippen molar-refractivity contribution in [2.24, 2.45) is 0 Å². The van der Waals surface area contributed by atoms with Gasteiger partial charge in [0.15, 0.2) is 0 Å². The second-order valence-electron chi connectivity index (χ2n) is 4.06. The second-order valence-corrected chi connectivity index (χ2v) is 4.06. The van der Waals surface area contributed by atoms with Crippen LogP contribution < -0.4 is 0 Å². The molecule has 0 bridgehead atoms. The van der Waals surface area contributed by atoms with E-state index in [0.29, 0.717) is 5.92 Å². The van der Waals surface area contributed by atoms with Crippen LogP contribution in [0.1, 0.15) is 29.9 Å². The van der Waals surface area contributed by atoms with E-state index >= 15 is 0 Å². The number of benzene rings is 1. The van der Waals surface area contributed by atoms with Crippen molar-refractivity contribution in [2.45, 2.75) is 25.2 Å². The zero-order valence-electron chi connectivity index (χ0n) is 8.98. The maximum Gasteiger partial charge on any atom is 0.0471 e. The zero-order chi connectivity index (χ0) is 10.5. The Kier molecular flexibility index (Phi) is 3.75.